The molecule has 3 aliphatic carbocycles. The van der Waals surface area contributed by atoms with E-state index < -0.39 is 93.3 Å². The number of benzene rings is 2. The molecule has 232 valence electrons. The van der Waals surface area contributed by atoms with Gasteiger partial charge in [0.25, 0.3) is 5.91 Å². The average Bonchev–Trinajstić information content (AvgIpc) is 2.96. The van der Waals surface area contributed by atoms with Crippen molar-refractivity contribution in [3.8, 4) is 5.75 Å². The van der Waals surface area contributed by atoms with Crippen molar-refractivity contribution in [3.05, 3.63) is 76.1 Å². The maximum absolute atomic E-state index is 14.1. The lowest BCUT2D eigenvalue weighted by molar-refractivity contribution is -0.169. The first-order valence-electron chi connectivity index (χ1n) is 13.9. The molecule has 0 heterocycles. The number of carbonyl (C=O) groups is 4. The second-order valence-corrected chi connectivity index (χ2v) is 11.8. The molecule has 2 aromatic carbocycles. The van der Waals surface area contributed by atoms with Crippen LogP contribution in [-0.4, -0.2) is 91.7 Å². The maximum Gasteiger partial charge on any atom is 0.255 e. The number of hydrogen-bond acceptors (Lipinski definition) is 11. The van der Waals surface area contributed by atoms with Crippen LogP contribution in [0.2, 0.25) is 0 Å². The van der Waals surface area contributed by atoms with Crippen LogP contribution in [0.4, 0.5) is 5.69 Å². The lowest BCUT2D eigenvalue weighted by atomic mass is 9.54. The molecule has 3 aliphatic rings. The maximum atomic E-state index is 14.1. The summed E-state index contributed by atoms with van der Waals surface area (Å²) in [6.45, 7) is 1.62. The van der Waals surface area contributed by atoms with Crippen LogP contribution in [-0.2, 0) is 25.6 Å². The van der Waals surface area contributed by atoms with E-state index in [-0.39, 0.29) is 17.7 Å². The van der Waals surface area contributed by atoms with E-state index in [4.69, 9.17) is 11.5 Å². The first kappa shape index (κ1) is 30.9. The molecule has 0 radical (unpaired) electrons. The topological polar surface area (TPSA) is 237 Å². The van der Waals surface area contributed by atoms with Gasteiger partial charge in [0.05, 0.1) is 35.4 Å². The number of aliphatic hydroxyl groups is 4. The molecule has 13 nitrogen and oxygen atoms in total. The van der Waals surface area contributed by atoms with Gasteiger partial charge in [-0.15, -0.1) is 0 Å². The van der Waals surface area contributed by atoms with Crippen LogP contribution >= 0.6 is 0 Å². The van der Waals surface area contributed by atoms with Gasteiger partial charge in [0, 0.05) is 11.5 Å². The molecule has 1 fully saturated rings. The molecule has 0 saturated heterocycles. The third-order valence-corrected chi connectivity index (χ3v) is 9.02. The van der Waals surface area contributed by atoms with Crippen LogP contribution in [0.1, 0.15) is 29.5 Å². The Labute approximate surface area is 252 Å². The number of likely N-dealkylation sites (N-methyl/N-ethyl adjacent to an activating group) is 1. The summed E-state index contributed by atoms with van der Waals surface area (Å²) in [7, 11) is 2.87. The molecule has 0 unspecified atom stereocenters. The van der Waals surface area contributed by atoms with Crippen LogP contribution in [0.5, 0.6) is 5.75 Å². The fourth-order valence-electron chi connectivity index (χ4n) is 6.90. The van der Waals surface area contributed by atoms with E-state index >= 15 is 0 Å². The summed E-state index contributed by atoms with van der Waals surface area (Å²) >= 11 is 0. The number of hydrogen-bond donors (Lipinski definition) is 8. The highest BCUT2D eigenvalue weighted by Crippen LogP contribution is 2.56. The number of carbonyl (C=O) groups excluding carboxylic acids is 4. The molecule has 2 aromatic rings. The highest BCUT2D eigenvalue weighted by atomic mass is 16.4. The van der Waals surface area contributed by atoms with E-state index in [2.05, 4.69) is 5.32 Å². The molecule has 1 saturated carbocycles. The number of aliphatic hydroxyl groups excluding tert-OH is 3. The molecular formula is C31H34N4O9. The molecule has 13 heteroatoms. The zero-order valence-electron chi connectivity index (χ0n) is 24.2. The SMILES string of the molecule is C[C@H]1c2ccc(NC(=O)[C@H](N)Cc3ccccc3)c(O)c2C(O)=C2C(=O)[C@]3(O)C(O)=C(C(N)=O)C(=O)[C@@H](N(C)C)[C@@H]3[C@@H](O)[C@@H]21. The minimum atomic E-state index is -3.02. The number of nitrogens with zero attached hydrogens (tertiary/aromatic N) is 1. The molecule has 0 bridgehead atoms. The van der Waals surface area contributed by atoms with Gasteiger partial charge >= 0.3 is 0 Å². The Kier molecular flexibility index (Phi) is 7.62. The van der Waals surface area contributed by atoms with Crippen LogP contribution < -0.4 is 16.8 Å². The van der Waals surface area contributed by atoms with Crippen molar-refractivity contribution in [1.82, 2.24) is 4.90 Å². The van der Waals surface area contributed by atoms with Crippen molar-refractivity contribution >= 4 is 34.8 Å². The molecule has 5 rings (SSSR count). The van der Waals surface area contributed by atoms with Gasteiger partial charge in [-0.3, -0.25) is 24.1 Å². The van der Waals surface area contributed by atoms with Gasteiger partial charge in [0.2, 0.25) is 11.7 Å². The number of phenols is 1. The molecule has 0 aliphatic heterocycles. The predicted octanol–water partition coefficient (Wildman–Crippen LogP) is 0.00430. The summed E-state index contributed by atoms with van der Waals surface area (Å²) in [5.41, 5.74) is 7.63. The van der Waals surface area contributed by atoms with Crippen LogP contribution in [0.15, 0.2) is 59.4 Å². The van der Waals surface area contributed by atoms with E-state index in [9.17, 15) is 44.7 Å². The third-order valence-electron chi connectivity index (χ3n) is 9.02. The first-order valence-corrected chi connectivity index (χ1v) is 13.9. The normalized spacial score (nSPS) is 28.8. The van der Waals surface area contributed by atoms with Crippen molar-refractivity contribution < 1.29 is 44.7 Å². The monoisotopic (exact) mass is 606 g/mol. The molecule has 10 N–H and O–H groups in total. The number of fused-ring (bicyclic) bond motifs is 3. The highest BCUT2D eigenvalue weighted by molar-refractivity contribution is 6.24. The van der Waals surface area contributed by atoms with E-state index in [1.165, 1.54) is 31.1 Å². The molecule has 2 amide bonds. The lowest BCUT2D eigenvalue weighted by Crippen LogP contribution is -2.70. The number of ketones is 2. The Morgan fingerprint density at radius 2 is 1.70 bits per heavy atom. The number of phenolic OH excluding ortho intramolecular Hbond substituents is 1. The summed E-state index contributed by atoms with van der Waals surface area (Å²) in [4.78, 5) is 53.7. The van der Waals surface area contributed by atoms with Crippen LogP contribution in [0, 0.1) is 11.8 Å². The average molecular weight is 607 g/mol. The summed E-state index contributed by atoms with van der Waals surface area (Å²) < 4.78 is 0. The highest BCUT2D eigenvalue weighted by Gasteiger charge is 2.68. The predicted molar refractivity (Wildman–Crippen MR) is 157 cm³/mol. The van der Waals surface area contributed by atoms with Gasteiger partial charge in [-0.05, 0) is 43.6 Å². The standard InChI is InChI=1S/C31H34N4O9/c1-12-14-9-10-16(34-30(43)15(32)11-13-7-5-4-6-8-13)23(36)18(14)24(37)19-17(12)25(38)21-22(35(2)3)26(39)20(29(33)42)28(41)31(21,44)27(19)40/h4-10,12,15,17,21-22,25,36-38,41,44H,11,32H2,1-3H3,(H2,33,42)(H,34,43)/t12-,15+,17+,21+,22-,25-,31-/m0/s1. The Bertz CT molecular complexity index is 1650. The van der Waals surface area contributed by atoms with Crippen LogP contribution in [0.3, 0.4) is 0 Å². The molecule has 7 atom stereocenters. The summed E-state index contributed by atoms with van der Waals surface area (Å²) in [5, 5.41) is 59.7. The van der Waals surface area contributed by atoms with Crippen molar-refractivity contribution in [2.45, 2.75) is 43.1 Å². The Balaban J connectivity index is 1.60. The Morgan fingerprint density at radius 1 is 1.07 bits per heavy atom. The molecule has 0 spiro atoms. The third kappa shape index (κ3) is 4.39. The summed E-state index contributed by atoms with van der Waals surface area (Å²) in [6.07, 6.45) is -1.50. The zero-order chi connectivity index (χ0) is 32.4. The molecular weight excluding hydrogens is 572 g/mol. The number of Topliss-reactive ketones (excluding diaryl/α,β-unsaturated/α-hetero) is 2. The number of aromatic hydroxyl groups is 1. The second kappa shape index (κ2) is 10.9. The number of nitrogens with one attached hydrogen (secondary N) is 1. The number of rotatable bonds is 6. The first-order chi connectivity index (χ1) is 20.6. The van der Waals surface area contributed by atoms with Gasteiger partial charge in [-0.25, -0.2) is 0 Å². The fourth-order valence-corrected chi connectivity index (χ4v) is 6.90. The van der Waals surface area contributed by atoms with Gasteiger partial charge < -0.3 is 42.3 Å². The van der Waals surface area contributed by atoms with E-state index in [1.54, 1.807) is 19.1 Å². The minimum Gasteiger partial charge on any atom is -0.508 e. The van der Waals surface area contributed by atoms with Crippen LogP contribution in [0.25, 0.3) is 5.76 Å². The smallest absolute Gasteiger partial charge is 0.255 e. The van der Waals surface area contributed by atoms with Crippen molar-refractivity contribution in [2.75, 3.05) is 19.4 Å². The van der Waals surface area contributed by atoms with Gasteiger partial charge in [-0.1, -0.05) is 43.3 Å². The summed E-state index contributed by atoms with van der Waals surface area (Å²) in [6, 6.07) is 9.51. The van der Waals surface area contributed by atoms with Gasteiger partial charge in [0.1, 0.15) is 22.8 Å². The molecule has 44 heavy (non-hydrogen) atoms. The Morgan fingerprint density at radius 3 is 2.30 bits per heavy atom. The van der Waals surface area contributed by atoms with Crippen molar-refractivity contribution in [2.24, 2.45) is 23.3 Å². The minimum absolute atomic E-state index is 0.120. The number of amides is 2. The van der Waals surface area contributed by atoms with E-state index in [1.807, 2.05) is 18.2 Å². The summed E-state index contributed by atoms with van der Waals surface area (Å²) in [5.74, 6) is -10.6. The largest absolute Gasteiger partial charge is 0.508 e. The van der Waals surface area contributed by atoms with E-state index in [0.29, 0.717) is 5.56 Å². The second-order valence-electron chi connectivity index (χ2n) is 11.8. The number of primary amides is 1. The quantitative estimate of drug-likeness (QED) is 0.161. The van der Waals surface area contributed by atoms with Crippen molar-refractivity contribution in [3.63, 3.8) is 0 Å². The Hall–Kier alpha value is -4.56. The lowest BCUT2D eigenvalue weighted by Gasteiger charge is -2.53. The van der Waals surface area contributed by atoms with Gasteiger partial charge in [-0.2, -0.15) is 0 Å². The van der Waals surface area contributed by atoms with E-state index in [0.717, 1.165) is 5.56 Å². The zero-order valence-corrected chi connectivity index (χ0v) is 24.2. The number of nitrogens with two attached hydrogens (primary N) is 2. The fraction of sp³-hybridized carbons (Fsp3) is 0.355. The van der Waals surface area contributed by atoms with Gasteiger partial charge in [0.15, 0.2) is 11.4 Å². The molecule has 0 aromatic heterocycles. The van der Waals surface area contributed by atoms with Crippen molar-refractivity contribution in [1.29, 1.82) is 0 Å². The number of anilines is 1.